The van der Waals surface area contributed by atoms with E-state index in [9.17, 15) is 14.9 Å². The van der Waals surface area contributed by atoms with Gasteiger partial charge in [-0.15, -0.1) is 0 Å². The number of nitrogens with zero attached hydrogens (tertiary/aromatic N) is 3. The molecule has 0 aliphatic carbocycles. The van der Waals surface area contributed by atoms with Crippen LogP contribution >= 0.6 is 11.6 Å². The van der Waals surface area contributed by atoms with Gasteiger partial charge in [-0.1, -0.05) is 11.6 Å². The molecule has 0 radical (unpaired) electrons. The fraction of sp³-hybridized carbons (Fsp3) is 0.200. The van der Waals surface area contributed by atoms with Crippen molar-refractivity contribution >= 4 is 34.8 Å². The molecular weight excluding hydrogens is 426 g/mol. The minimum Gasteiger partial charge on any atom is -0.489 e. The van der Waals surface area contributed by atoms with Crippen LogP contribution in [0.4, 0.5) is 22.0 Å². The summed E-state index contributed by atoms with van der Waals surface area (Å²) in [5, 5.41) is 16.8. The molecule has 2 aromatic carbocycles. The summed E-state index contributed by atoms with van der Waals surface area (Å²) in [5.41, 5.74) is 0.513. The molecule has 1 aromatic heterocycles. The topological polar surface area (TPSA) is 121 Å². The molecule has 2 heterocycles. The van der Waals surface area contributed by atoms with Crippen molar-refractivity contribution in [1.29, 1.82) is 0 Å². The summed E-state index contributed by atoms with van der Waals surface area (Å²) in [6.07, 6.45) is 1.34. The monoisotopic (exact) mass is 443 g/mol. The zero-order chi connectivity index (χ0) is 22.0. The van der Waals surface area contributed by atoms with Gasteiger partial charge in [0.05, 0.1) is 6.54 Å². The number of anilines is 2. The highest BCUT2D eigenvalue weighted by atomic mass is 35.5. The van der Waals surface area contributed by atoms with Crippen LogP contribution in [0.2, 0.25) is 5.02 Å². The fourth-order valence-corrected chi connectivity index (χ4v) is 3.18. The fourth-order valence-electron chi connectivity index (χ4n) is 3.05. The van der Waals surface area contributed by atoms with E-state index in [0.29, 0.717) is 28.7 Å². The minimum absolute atomic E-state index is 0.198. The molecule has 0 unspecified atom stereocenters. The maximum absolute atomic E-state index is 12.1. The first kappa shape index (κ1) is 20.5. The number of rotatable bonds is 6. The second-order valence-corrected chi connectivity index (χ2v) is 7.65. The third-order valence-electron chi connectivity index (χ3n) is 4.52. The molecule has 2 N–H and O–H groups in total. The van der Waals surface area contributed by atoms with E-state index in [-0.39, 0.29) is 24.5 Å². The lowest BCUT2D eigenvalue weighted by molar-refractivity contribution is -0.389. The number of amides is 2. The summed E-state index contributed by atoms with van der Waals surface area (Å²) in [6.45, 7) is 2.44. The van der Waals surface area contributed by atoms with E-state index in [1.807, 2.05) is 6.92 Å². The van der Waals surface area contributed by atoms with Gasteiger partial charge in [0, 0.05) is 21.4 Å². The number of halogens is 1. The standard InChI is InChI=1S/C20H18ClN5O5/c1-20(11-25-10-17(26(28)29)24-19(25)31-20)12-30-16-8-6-15(7-9-16)23-18(27)22-14-4-2-13(21)3-5-14/h2-10H,11-12H2,1H3,(H2,22,23,27)/t20-/m1/s1. The van der Waals surface area contributed by atoms with Gasteiger partial charge in [0.2, 0.25) is 0 Å². The first-order valence-corrected chi connectivity index (χ1v) is 9.64. The van der Waals surface area contributed by atoms with Crippen molar-refractivity contribution in [3.8, 4) is 11.8 Å². The Kier molecular flexibility index (Phi) is 5.38. The number of aromatic nitrogens is 2. The van der Waals surface area contributed by atoms with Gasteiger partial charge >= 0.3 is 17.9 Å². The quantitative estimate of drug-likeness (QED) is 0.432. The van der Waals surface area contributed by atoms with Crippen LogP contribution in [0.15, 0.2) is 54.7 Å². The van der Waals surface area contributed by atoms with E-state index < -0.39 is 10.5 Å². The first-order valence-electron chi connectivity index (χ1n) is 9.27. The third-order valence-corrected chi connectivity index (χ3v) is 4.77. The van der Waals surface area contributed by atoms with Gasteiger partial charge in [-0.3, -0.25) is 4.57 Å². The minimum atomic E-state index is -0.702. The van der Waals surface area contributed by atoms with Gasteiger partial charge in [0.1, 0.15) is 18.6 Å². The molecule has 0 spiro atoms. The van der Waals surface area contributed by atoms with Crippen LogP contribution in [0.5, 0.6) is 11.8 Å². The molecule has 10 nitrogen and oxygen atoms in total. The van der Waals surface area contributed by atoms with Crippen LogP contribution in [0, 0.1) is 10.1 Å². The van der Waals surface area contributed by atoms with Crippen molar-refractivity contribution < 1.29 is 19.2 Å². The highest BCUT2D eigenvalue weighted by Crippen LogP contribution is 2.31. The summed E-state index contributed by atoms with van der Waals surface area (Å²) in [7, 11) is 0. The Morgan fingerprint density at radius 3 is 2.42 bits per heavy atom. The van der Waals surface area contributed by atoms with Crippen LogP contribution in [0.1, 0.15) is 6.92 Å². The number of benzene rings is 2. The van der Waals surface area contributed by atoms with E-state index in [1.54, 1.807) is 53.1 Å². The smallest absolute Gasteiger partial charge is 0.415 e. The Labute approximate surface area is 181 Å². The lowest BCUT2D eigenvalue weighted by Crippen LogP contribution is -2.38. The number of carbonyl (C=O) groups is 1. The van der Waals surface area contributed by atoms with Gasteiger partial charge in [0.15, 0.2) is 5.60 Å². The number of ether oxygens (including phenoxy) is 2. The van der Waals surface area contributed by atoms with Crippen molar-refractivity contribution in [3.05, 3.63) is 69.9 Å². The van der Waals surface area contributed by atoms with Gasteiger partial charge in [-0.2, -0.15) is 0 Å². The second-order valence-electron chi connectivity index (χ2n) is 7.22. The van der Waals surface area contributed by atoms with E-state index in [4.69, 9.17) is 21.1 Å². The Balaban J connectivity index is 1.28. The number of urea groups is 1. The summed E-state index contributed by atoms with van der Waals surface area (Å²) in [5.74, 6) is 0.338. The van der Waals surface area contributed by atoms with Gasteiger partial charge in [-0.25, -0.2) is 4.79 Å². The number of fused-ring (bicyclic) bond motifs is 1. The highest BCUT2D eigenvalue weighted by Gasteiger charge is 2.41. The maximum atomic E-state index is 12.1. The molecular formula is C20H18ClN5O5. The molecule has 1 atom stereocenters. The van der Waals surface area contributed by atoms with Crippen LogP contribution in [0.3, 0.4) is 0 Å². The number of hydrogen-bond donors (Lipinski definition) is 2. The number of nitrogens with one attached hydrogen (secondary N) is 2. The average Bonchev–Trinajstić information content (AvgIpc) is 3.25. The zero-order valence-electron chi connectivity index (χ0n) is 16.4. The molecule has 31 heavy (non-hydrogen) atoms. The number of imidazole rings is 1. The largest absolute Gasteiger partial charge is 0.489 e. The molecule has 0 bridgehead atoms. The third kappa shape index (κ3) is 4.86. The molecule has 0 saturated carbocycles. The maximum Gasteiger partial charge on any atom is 0.415 e. The van der Waals surface area contributed by atoms with Gasteiger partial charge in [-0.05, 0) is 60.4 Å². The van der Waals surface area contributed by atoms with Gasteiger partial charge < -0.3 is 30.2 Å². The van der Waals surface area contributed by atoms with Crippen molar-refractivity contribution in [2.24, 2.45) is 0 Å². The predicted molar refractivity (Wildman–Crippen MR) is 114 cm³/mol. The SMILES string of the molecule is C[C@]1(COc2ccc(NC(=O)Nc3ccc(Cl)cc3)cc2)Cn2cc([N+](=O)[O-])nc2O1. The normalized spacial score (nSPS) is 16.8. The van der Waals surface area contributed by atoms with Crippen LogP contribution in [0.25, 0.3) is 0 Å². The number of hydrogen-bond acceptors (Lipinski definition) is 6. The van der Waals surface area contributed by atoms with Crippen LogP contribution in [-0.4, -0.2) is 32.7 Å². The van der Waals surface area contributed by atoms with Crippen molar-refractivity contribution in [2.45, 2.75) is 19.1 Å². The van der Waals surface area contributed by atoms with E-state index in [2.05, 4.69) is 15.6 Å². The molecule has 2 amide bonds. The molecule has 0 saturated heterocycles. The molecule has 1 aliphatic heterocycles. The highest BCUT2D eigenvalue weighted by molar-refractivity contribution is 6.30. The Bertz CT molecular complexity index is 1090. The first-order chi connectivity index (χ1) is 14.8. The molecule has 160 valence electrons. The summed E-state index contributed by atoms with van der Waals surface area (Å²) >= 11 is 5.83. The van der Waals surface area contributed by atoms with E-state index in [0.717, 1.165) is 0 Å². The zero-order valence-corrected chi connectivity index (χ0v) is 17.1. The summed E-state index contributed by atoms with van der Waals surface area (Å²) in [4.78, 5) is 26.2. The lowest BCUT2D eigenvalue weighted by atomic mass is 10.1. The second kappa shape index (κ2) is 8.15. The van der Waals surface area contributed by atoms with Crippen molar-refractivity contribution in [3.63, 3.8) is 0 Å². The summed E-state index contributed by atoms with van der Waals surface area (Å²) < 4.78 is 13.1. The lowest BCUT2D eigenvalue weighted by Gasteiger charge is -2.22. The predicted octanol–water partition coefficient (Wildman–Crippen LogP) is 4.32. The Morgan fingerprint density at radius 2 is 1.84 bits per heavy atom. The molecule has 1 aliphatic rings. The number of carbonyl (C=O) groups excluding carboxylic acids is 1. The summed E-state index contributed by atoms with van der Waals surface area (Å²) in [6, 6.07) is 13.5. The number of nitro groups is 1. The van der Waals surface area contributed by atoms with Crippen LogP contribution < -0.4 is 20.1 Å². The van der Waals surface area contributed by atoms with Crippen molar-refractivity contribution in [1.82, 2.24) is 9.55 Å². The Hall–Kier alpha value is -3.79. The molecule has 3 aromatic rings. The molecule has 0 fully saturated rings. The van der Waals surface area contributed by atoms with E-state index >= 15 is 0 Å². The molecule has 11 heteroatoms. The van der Waals surface area contributed by atoms with E-state index in [1.165, 1.54) is 6.20 Å². The molecule has 4 rings (SSSR count). The average molecular weight is 444 g/mol. The van der Waals surface area contributed by atoms with Crippen LogP contribution in [-0.2, 0) is 6.54 Å². The van der Waals surface area contributed by atoms with Crippen molar-refractivity contribution in [2.75, 3.05) is 17.2 Å². The Morgan fingerprint density at radius 1 is 1.23 bits per heavy atom. The van der Waals surface area contributed by atoms with Gasteiger partial charge in [0.25, 0.3) is 0 Å².